The molecule has 45 heavy (non-hydrogen) atoms. The van der Waals surface area contributed by atoms with E-state index in [1.165, 1.54) is 11.9 Å². The van der Waals surface area contributed by atoms with Crippen molar-refractivity contribution in [3.8, 4) is 0 Å². The first kappa shape index (κ1) is 38.2. The van der Waals surface area contributed by atoms with Gasteiger partial charge in [-0.15, -0.1) is 37.1 Å². The molecule has 0 spiro atoms. The fourth-order valence-electron chi connectivity index (χ4n) is 5.94. The minimum absolute atomic E-state index is 0. The Bertz CT molecular complexity index is 1330. The summed E-state index contributed by atoms with van der Waals surface area (Å²) in [5, 5.41) is 0. The van der Waals surface area contributed by atoms with E-state index in [0.29, 0.717) is 25.0 Å². The largest absolute Gasteiger partial charge is 0.416 e. The lowest BCUT2D eigenvalue weighted by Gasteiger charge is -2.46. The van der Waals surface area contributed by atoms with Crippen LogP contribution in [-0.2, 0) is 17.1 Å². The van der Waals surface area contributed by atoms with Gasteiger partial charge < -0.3 is 14.7 Å². The second kappa shape index (κ2) is 15.0. The van der Waals surface area contributed by atoms with Crippen LogP contribution in [0.2, 0.25) is 0 Å². The third kappa shape index (κ3) is 8.62. The molecule has 3 amide bonds. The van der Waals surface area contributed by atoms with Crippen LogP contribution in [0.4, 0.5) is 31.1 Å². The molecule has 5 nitrogen and oxygen atoms in total. The van der Waals surface area contributed by atoms with Crippen LogP contribution >= 0.6 is 24.0 Å². The fraction of sp³-hybridized carbons (Fsp3) is 0.455. The normalized spacial score (nSPS) is 16.4. The summed E-state index contributed by atoms with van der Waals surface area (Å²) < 4.78 is 81.7. The molecule has 1 heterocycles. The Labute approximate surface area is 278 Å². The van der Waals surface area contributed by atoms with Crippen molar-refractivity contribution in [1.29, 1.82) is 0 Å². The maximum Gasteiger partial charge on any atom is 0.416 e. The maximum absolute atomic E-state index is 14.1. The highest BCUT2D eigenvalue weighted by atomic mass is 127. The second-order valence-electron chi connectivity index (χ2n) is 11.5. The molecule has 2 aromatic carbocycles. The van der Waals surface area contributed by atoms with Crippen LogP contribution < -0.4 is 0 Å². The van der Waals surface area contributed by atoms with Crippen molar-refractivity contribution in [2.45, 2.75) is 64.5 Å². The number of benzene rings is 2. The highest BCUT2D eigenvalue weighted by Crippen LogP contribution is 2.40. The average molecular weight is 752 g/mol. The molecule has 1 aliphatic rings. The molecule has 1 fully saturated rings. The molecule has 0 radical (unpaired) electrons. The van der Waals surface area contributed by atoms with Gasteiger partial charge in [-0.2, -0.15) is 26.3 Å². The summed E-state index contributed by atoms with van der Waals surface area (Å²) in [4.78, 5) is 32.3. The summed E-state index contributed by atoms with van der Waals surface area (Å²) in [5.41, 5.74) is -2.27. The molecule has 248 valence electrons. The number of allylic oxidation sites excluding steroid dienone is 2. The van der Waals surface area contributed by atoms with Crippen molar-refractivity contribution in [3.63, 3.8) is 0 Å². The molecule has 0 N–H and O–H groups in total. The highest BCUT2D eigenvalue weighted by molar-refractivity contribution is 14.0. The SMILES string of the molecule is C=CCC(C)(CC=C)C(=O)N1CCN(C(=O)N(C)[C@H](CC)c2cc(C(F)(F)F)cc(C(F)(F)F)c2)[C@@H](c2ccccc2C)C1.I. The molecule has 0 aliphatic carbocycles. The number of hydrogen-bond donors (Lipinski definition) is 0. The van der Waals surface area contributed by atoms with E-state index >= 15 is 0 Å². The minimum atomic E-state index is -5.01. The Morgan fingerprint density at radius 3 is 1.98 bits per heavy atom. The Morgan fingerprint density at radius 1 is 0.978 bits per heavy atom. The molecule has 12 heteroatoms. The lowest BCUT2D eigenvalue weighted by Crippen LogP contribution is -2.57. The number of hydrogen-bond acceptors (Lipinski definition) is 2. The quantitative estimate of drug-likeness (QED) is 0.146. The zero-order valence-electron chi connectivity index (χ0n) is 25.8. The van der Waals surface area contributed by atoms with Crippen molar-refractivity contribution in [3.05, 3.63) is 95.6 Å². The van der Waals surface area contributed by atoms with Gasteiger partial charge in [0.25, 0.3) is 0 Å². The first-order chi connectivity index (χ1) is 20.5. The number of aryl methyl sites for hydroxylation is 1. The van der Waals surface area contributed by atoms with Crippen LogP contribution in [0.15, 0.2) is 67.8 Å². The van der Waals surface area contributed by atoms with Crippen molar-refractivity contribution in [2.75, 3.05) is 26.7 Å². The van der Waals surface area contributed by atoms with Crippen molar-refractivity contribution in [1.82, 2.24) is 14.7 Å². The molecule has 0 aromatic heterocycles. The third-order valence-electron chi connectivity index (χ3n) is 8.32. The molecule has 3 rings (SSSR count). The van der Waals surface area contributed by atoms with Crippen LogP contribution in [0.25, 0.3) is 0 Å². The lowest BCUT2D eigenvalue weighted by atomic mass is 9.81. The topological polar surface area (TPSA) is 43.9 Å². The Kier molecular flexibility index (Phi) is 12.8. The first-order valence-corrected chi connectivity index (χ1v) is 14.4. The van der Waals surface area contributed by atoms with E-state index < -0.39 is 47.0 Å². The predicted octanol–water partition coefficient (Wildman–Crippen LogP) is 9.20. The maximum atomic E-state index is 14.1. The number of halogens is 7. The van der Waals surface area contributed by atoms with E-state index in [1.807, 2.05) is 38.1 Å². The summed E-state index contributed by atoms with van der Waals surface area (Å²) in [7, 11) is 1.38. The zero-order chi connectivity index (χ0) is 33.0. The van der Waals surface area contributed by atoms with Crippen molar-refractivity contribution >= 4 is 35.9 Å². The lowest BCUT2D eigenvalue weighted by molar-refractivity contribution is -0.144. The van der Waals surface area contributed by atoms with Crippen LogP contribution in [-0.4, -0.2) is 53.3 Å². The van der Waals surface area contributed by atoms with Crippen LogP contribution in [0, 0.1) is 12.3 Å². The monoisotopic (exact) mass is 751 g/mol. The van der Waals surface area contributed by atoms with E-state index in [2.05, 4.69) is 13.2 Å². The number of piperazine rings is 1. The van der Waals surface area contributed by atoms with Gasteiger partial charge in [-0.1, -0.05) is 50.3 Å². The Morgan fingerprint density at radius 2 is 1.51 bits per heavy atom. The average Bonchev–Trinajstić information content (AvgIpc) is 2.96. The van der Waals surface area contributed by atoms with Crippen LogP contribution in [0.3, 0.4) is 0 Å². The van der Waals surface area contributed by atoms with Crippen LogP contribution in [0.1, 0.15) is 73.0 Å². The summed E-state index contributed by atoms with van der Waals surface area (Å²) in [6.07, 6.45) is -5.76. The van der Waals surface area contributed by atoms with Crippen LogP contribution in [0.5, 0.6) is 0 Å². The predicted molar refractivity (Wildman–Crippen MR) is 173 cm³/mol. The number of alkyl halides is 6. The standard InChI is InChI=1S/C33H39F6N3O2.HI/c1-7-14-31(5,15-8-2)29(43)41-16-17-42(28(21-41)26-13-11-10-12-22(26)4)30(44)40(6)27(9-3)23-18-24(32(34,35)36)20-25(19-23)33(37,38)39;/h7-8,10-13,18-20,27-28H,1-2,9,14-17,21H2,3-6H3;1H/t27-,28-;/m1./s1. The Hall–Kier alpha value is -3.03. The van der Waals surface area contributed by atoms with Crippen molar-refractivity contribution in [2.24, 2.45) is 5.41 Å². The minimum Gasteiger partial charge on any atom is -0.338 e. The van der Waals surface area contributed by atoms with Gasteiger partial charge in [0.2, 0.25) is 5.91 Å². The number of carbonyl (C=O) groups is 2. The number of nitrogens with zero attached hydrogens (tertiary/aromatic N) is 3. The third-order valence-corrected chi connectivity index (χ3v) is 8.32. The molecule has 1 saturated heterocycles. The van der Waals surface area contributed by atoms with Gasteiger partial charge in [-0.05, 0) is 61.1 Å². The van der Waals surface area contributed by atoms with Gasteiger partial charge >= 0.3 is 18.4 Å². The van der Waals surface area contributed by atoms with Gasteiger partial charge in [0, 0.05) is 26.7 Å². The summed E-state index contributed by atoms with van der Waals surface area (Å²) in [6.45, 7) is 13.3. The van der Waals surface area contributed by atoms with Gasteiger partial charge in [0.05, 0.1) is 28.6 Å². The summed E-state index contributed by atoms with van der Waals surface area (Å²) >= 11 is 0. The van der Waals surface area contributed by atoms with Gasteiger partial charge in [-0.3, -0.25) is 4.79 Å². The van der Waals surface area contributed by atoms with Gasteiger partial charge in [-0.25, -0.2) is 4.79 Å². The molecule has 2 aromatic rings. The number of carbonyl (C=O) groups excluding carboxylic acids is 2. The number of rotatable bonds is 9. The van der Waals surface area contributed by atoms with E-state index in [4.69, 9.17) is 0 Å². The van der Waals surface area contributed by atoms with Gasteiger partial charge in [0.15, 0.2) is 0 Å². The van der Waals surface area contributed by atoms with E-state index in [-0.39, 0.29) is 67.6 Å². The fourth-order valence-corrected chi connectivity index (χ4v) is 5.94. The molecular weight excluding hydrogens is 711 g/mol. The second-order valence-corrected chi connectivity index (χ2v) is 11.5. The molecule has 0 saturated carbocycles. The molecule has 0 bridgehead atoms. The number of urea groups is 1. The Balaban J connectivity index is 0.00000705. The van der Waals surface area contributed by atoms with E-state index in [0.717, 1.165) is 11.1 Å². The zero-order valence-corrected chi connectivity index (χ0v) is 28.2. The summed E-state index contributed by atoms with van der Waals surface area (Å²) in [6, 6.07) is 6.54. The molecule has 1 aliphatic heterocycles. The summed E-state index contributed by atoms with van der Waals surface area (Å²) in [5.74, 6) is -0.119. The van der Waals surface area contributed by atoms with Crippen molar-refractivity contribution < 1.29 is 35.9 Å². The number of amides is 3. The van der Waals surface area contributed by atoms with E-state index in [1.54, 1.807) is 28.9 Å². The highest BCUT2D eigenvalue weighted by Gasteiger charge is 2.42. The smallest absolute Gasteiger partial charge is 0.338 e. The molecular formula is C33H40F6IN3O2. The molecule has 0 unspecified atom stereocenters. The first-order valence-electron chi connectivity index (χ1n) is 14.4. The van der Waals surface area contributed by atoms with E-state index in [9.17, 15) is 35.9 Å². The molecule has 2 atom stereocenters. The van der Waals surface area contributed by atoms with Gasteiger partial charge in [0.1, 0.15) is 0 Å².